The molecule has 4 aromatic rings. The zero-order valence-corrected chi connectivity index (χ0v) is 16.7. The lowest BCUT2D eigenvalue weighted by Gasteiger charge is -2.15. The second kappa shape index (κ2) is 7.71. The minimum absolute atomic E-state index is 0.0916. The smallest absolute Gasteiger partial charge is 0.237 e. The van der Waals surface area contributed by atoms with Crippen molar-refractivity contribution in [2.45, 2.75) is 38.4 Å². The van der Waals surface area contributed by atoms with Crippen LogP contribution in [0.25, 0.3) is 5.52 Å². The van der Waals surface area contributed by atoms with Gasteiger partial charge >= 0.3 is 0 Å². The average molecular weight is 406 g/mol. The molecule has 154 valence electrons. The molecule has 0 spiro atoms. The predicted octanol–water partition coefficient (Wildman–Crippen LogP) is 3.02. The van der Waals surface area contributed by atoms with E-state index in [0.29, 0.717) is 36.5 Å². The molecule has 10 heteroatoms. The molecule has 30 heavy (non-hydrogen) atoms. The Morgan fingerprint density at radius 3 is 3.10 bits per heavy atom. The fourth-order valence-electron chi connectivity index (χ4n) is 3.56. The van der Waals surface area contributed by atoms with Crippen LogP contribution in [0.4, 0.5) is 11.6 Å². The quantitative estimate of drug-likeness (QED) is 0.502. The Bertz CT molecular complexity index is 1150. The second-order valence-electron chi connectivity index (χ2n) is 7.51. The van der Waals surface area contributed by atoms with E-state index in [1.807, 2.05) is 18.2 Å². The van der Waals surface area contributed by atoms with Crippen LogP contribution in [0.15, 0.2) is 43.0 Å². The minimum Gasteiger partial charge on any atom is -0.471 e. The molecule has 1 fully saturated rings. The summed E-state index contributed by atoms with van der Waals surface area (Å²) >= 11 is 0. The van der Waals surface area contributed by atoms with Crippen LogP contribution in [-0.4, -0.2) is 47.7 Å². The fraction of sp³-hybridized carbons (Fsp3) is 0.350. The first-order valence-electron chi connectivity index (χ1n) is 9.88. The summed E-state index contributed by atoms with van der Waals surface area (Å²) < 4.78 is 13.8. The zero-order valence-electron chi connectivity index (χ0n) is 16.7. The fourth-order valence-corrected chi connectivity index (χ4v) is 3.56. The predicted molar refractivity (Wildman–Crippen MR) is 109 cm³/mol. The molecule has 0 aromatic carbocycles. The van der Waals surface area contributed by atoms with E-state index in [9.17, 15) is 0 Å². The van der Waals surface area contributed by atoms with E-state index in [2.05, 4.69) is 49.6 Å². The summed E-state index contributed by atoms with van der Waals surface area (Å²) in [6, 6.07) is 5.77. The summed E-state index contributed by atoms with van der Waals surface area (Å²) in [5, 5.41) is 23.0. The molecule has 1 saturated heterocycles. The molecule has 1 aliphatic heterocycles. The maximum absolute atomic E-state index is 6.09. The van der Waals surface area contributed by atoms with Crippen LogP contribution in [0.3, 0.4) is 0 Å². The Balaban J connectivity index is 1.26. The first-order chi connectivity index (χ1) is 14.7. The molecule has 1 aliphatic rings. The van der Waals surface area contributed by atoms with Crippen LogP contribution < -0.4 is 10.1 Å². The molecule has 5 rings (SSSR count). The Morgan fingerprint density at radius 2 is 2.20 bits per heavy atom. The third-order valence-corrected chi connectivity index (χ3v) is 5.09. The van der Waals surface area contributed by atoms with Crippen molar-refractivity contribution in [1.82, 2.24) is 35.0 Å². The van der Waals surface area contributed by atoms with Gasteiger partial charge in [0.2, 0.25) is 5.88 Å². The molecule has 0 unspecified atom stereocenters. The molecular formula is C20H22N8O2. The van der Waals surface area contributed by atoms with Crippen molar-refractivity contribution in [3.8, 4) is 5.88 Å². The molecule has 4 aromatic heterocycles. The standard InChI is InChI=1S/C20H22N8O2/c1-12(2)14-3-5-22-27-20(14)30-13-9-17(29-11-13)15-10-18(26-25-15)24-19-16-4-6-23-28(16)8-7-21-19/h3-8,10,12-13,17H,9,11H2,1-2H3,(H2,21,24,25,26)/t13-,17-/m1/s1. The normalized spacial score (nSPS) is 18.9. The van der Waals surface area contributed by atoms with Gasteiger partial charge in [-0.2, -0.15) is 15.3 Å². The third-order valence-electron chi connectivity index (χ3n) is 5.09. The largest absolute Gasteiger partial charge is 0.471 e. The highest BCUT2D eigenvalue weighted by Crippen LogP contribution is 2.33. The summed E-state index contributed by atoms with van der Waals surface area (Å²) in [5.41, 5.74) is 2.80. The van der Waals surface area contributed by atoms with E-state index in [-0.39, 0.29) is 12.2 Å². The number of aromatic nitrogens is 7. The summed E-state index contributed by atoms with van der Waals surface area (Å²) in [5.74, 6) is 2.23. The molecule has 0 amide bonds. The van der Waals surface area contributed by atoms with E-state index >= 15 is 0 Å². The number of rotatable bonds is 6. The van der Waals surface area contributed by atoms with E-state index in [0.717, 1.165) is 16.8 Å². The van der Waals surface area contributed by atoms with Gasteiger partial charge in [-0.3, -0.25) is 5.10 Å². The van der Waals surface area contributed by atoms with Crippen LogP contribution in [0.1, 0.15) is 43.5 Å². The molecule has 0 aliphatic carbocycles. The third kappa shape index (κ3) is 3.57. The number of anilines is 2. The lowest BCUT2D eigenvalue weighted by Crippen LogP contribution is -2.18. The lowest BCUT2D eigenvalue weighted by atomic mass is 10.1. The highest BCUT2D eigenvalue weighted by molar-refractivity contribution is 5.71. The summed E-state index contributed by atoms with van der Waals surface area (Å²) in [6.45, 7) is 4.70. The number of nitrogens with one attached hydrogen (secondary N) is 2. The van der Waals surface area contributed by atoms with Crippen LogP contribution >= 0.6 is 0 Å². The van der Waals surface area contributed by atoms with Crippen molar-refractivity contribution >= 4 is 17.2 Å². The van der Waals surface area contributed by atoms with Crippen LogP contribution in [0.5, 0.6) is 5.88 Å². The average Bonchev–Trinajstić information content (AvgIpc) is 3.49. The molecule has 2 N–H and O–H groups in total. The van der Waals surface area contributed by atoms with E-state index in [1.165, 1.54) is 0 Å². The van der Waals surface area contributed by atoms with Crippen molar-refractivity contribution in [2.24, 2.45) is 0 Å². The van der Waals surface area contributed by atoms with Crippen LogP contribution in [0.2, 0.25) is 0 Å². The monoisotopic (exact) mass is 406 g/mol. The molecule has 5 heterocycles. The van der Waals surface area contributed by atoms with Crippen LogP contribution in [-0.2, 0) is 4.74 Å². The number of hydrogen-bond acceptors (Lipinski definition) is 8. The van der Waals surface area contributed by atoms with E-state index in [4.69, 9.17) is 9.47 Å². The van der Waals surface area contributed by atoms with Gasteiger partial charge in [0.25, 0.3) is 0 Å². The van der Waals surface area contributed by atoms with Gasteiger partial charge in [0.1, 0.15) is 17.7 Å². The minimum atomic E-state index is -0.129. The molecule has 10 nitrogen and oxygen atoms in total. The van der Waals surface area contributed by atoms with Gasteiger partial charge in [-0.05, 0) is 18.1 Å². The number of ether oxygens (including phenoxy) is 2. The maximum atomic E-state index is 6.09. The number of H-pyrrole nitrogens is 1. The topological polar surface area (TPSA) is 115 Å². The number of nitrogens with zero attached hydrogens (tertiary/aromatic N) is 6. The van der Waals surface area contributed by atoms with Gasteiger partial charge in [-0.15, -0.1) is 5.10 Å². The summed E-state index contributed by atoms with van der Waals surface area (Å²) in [4.78, 5) is 4.37. The van der Waals surface area contributed by atoms with E-state index < -0.39 is 0 Å². The first kappa shape index (κ1) is 18.5. The molecule has 0 saturated carbocycles. The number of hydrogen-bond donors (Lipinski definition) is 2. The first-order valence-corrected chi connectivity index (χ1v) is 9.88. The Kier molecular flexibility index (Phi) is 4.75. The van der Waals surface area contributed by atoms with Crippen molar-refractivity contribution in [3.63, 3.8) is 0 Å². The molecule has 2 atom stereocenters. The maximum Gasteiger partial charge on any atom is 0.237 e. The Morgan fingerprint density at radius 1 is 1.27 bits per heavy atom. The van der Waals surface area contributed by atoms with Crippen molar-refractivity contribution in [3.05, 3.63) is 54.2 Å². The number of aromatic amines is 1. The van der Waals surface area contributed by atoms with Crippen LogP contribution in [0, 0.1) is 0 Å². The van der Waals surface area contributed by atoms with Crippen molar-refractivity contribution < 1.29 is 9.47 Å². The Labute approximate surface area is 172 Å². The van der Waals surface area contributed by atoms with E-state index in [1.54, 1.807) is 29.3 Å². The highest BCUT2D eigenvalue weighted by atomic mass is 16.6. The summed E-state index contributed by atoms with van der Waals surface area (Å²) in [6.07, 6.45) is 7.38. The van der Waals surface area contributed by atoms with Gasteiger partial charge in [0, 0.05) is 30.4 Å². The molecule has 0 radical (unpaired) electrons. The van der Waals surface area contributed by atoms with Gasteiger partial charge in [0.15, 0.2) is 11.6 Å². The molecular weight excluding hydrogens is 384 g/mol. The number of fused-ring (bicyclic) bond motifs is 1. The second-order valence-corrected chi connectivity index (χ2v) is 7.51. The molecule has 0 bridgehead atoms. The van der Waals surface area contributed by atoms with Gasteiger partial charge in [-0.1, -0.05) is 13.8 Å². The lowest BCUT2D eigenvalue weighted by molar-refractivity contribution is 0.0905. The van der Waals surface area contributed by atoms with Gasteiger partial charge < -0.3 is 14.8 Å². The summed E-state index contributed by atoms with van der Waals surface area (Å²) in [7, 11) is 0. The van der Waals surface area contributed by atoms with Gasteiger partial charge in [-0.25, -0.2) is 9.50 Å². The SMILES string of the molecule is CC(C)c1ccnnc1O[C@H]1CO[C@@H](c2cc(Nc3nccn4nccc34)n[nH]2)C1. The van der Waals surface area contributed by atoms with Crippen molar-refractivity contribution in [1.29, 1.82) is 0 Å². The zero-order chi connectivity index (χ0) is 20.5. The Hall–Kier alpha value is -3.53. The van der Waals surface area contributed by atoms with Gasteiger partial charge in [0.05, 0.1) is 24.7 Å². The highest BCUT2D eigenvalue weighted by Gasteiger charge is 2.30. The van der Waals surface area contributed by atoms with Crippen molar-refractivity contribution in [2.75, 3.05) is 11.9 Å².